The smallest absolute Gasteiger partial charge is 0.261 e. The third-order valence-corrected chi connectivity index (χ3v) is 6.07. The van der Waals surface area contributed by atoms with E-state index in [9.17, 15) is 13.2 Å². The number of para-hydroxylation sites is 1. The van der Waals surface area contributed by atoms with Gasteiger partial charge in [-0.15, -0.1) is 11.3 Å². The van der Waals surface area contributed by atoms with Gasteiger partial charge in [-0.25, -0.2) is 8.42 Å². The molecule has 148 valence electrons. The molecule has 3 aromatic rings. The van der Waals surface area contributed by atoms with Crippen molar-refractivity contribution in [1.29, 1.82) is 0 Å². The molecule has 1 heterocycles. The van der Waals surface area contributed by atoms with Gasteiger partial charge in [0.05, 0.1) is 4.90 Å². The molecule has 1 aromatic heterocycles. The van der Waals surface area contributed by atoms with Crippen molar-refractivity contribution in [1.82, 2.24) is 5.32 Å². The van der Waals surface area contributed by atoms with E-state index in [1.54, 1.807) is 48.5 Å². The Labute approximate surface area is 178 Å². The zero-order valence-electron chi connectivity index (χ0n) is 15.0. The number of sulfonamides is 1. The summed E-state index contributed by atoms with van der Waals surface area (Å²) in [5.74, 6) is -0.359. The van der Waals surface area contributed by atoms with Gasteiger partial charge in [0.1, 0.15) is 0 Å². The number of benzene rings is 2. The largest absolute Gasteiger partial charge is 0.332 e. The van der Waals surface area contributed by atoms with Crippen molar-refractivity contribution >= 4 is 62.0 Å². The zero-order valence-corrected chi connectivity index (χ0v) is 17.5. The molecule has 0 aliphatic heterocycles. The van der Waals surface area contributed by atoms with E-state index in [-0.39, 0.29) is 15.9 Å². The quantitative estimate of drug-likeness (QED) is 0.395. The van der Waals surface area contributed by atoms with Gasteiger partial charge in [0.2, 0.25) is 5.91 Å². The third-order valence-electron chi connectivity index (χ3n) is 3.63. The second-order valence-corrected chi connectivity index (χ2v) is 8.86. The van der Waals surface area contributed by atoms with E-state index in [1.807, 2.05) is 17.5 Å². The Hall–Kier alpha value is -3.01. The molecule has 0 unspecified atom stereocenters. The number of carbonyl (C=O) groups is 1. The SMILES string of the molecule is O=C(C=Cc1cccs1)NC(=S)Nc1ccc(S(=O)(=O)Nc2ccccc2)cc1. The van der Waals surface area contributed by atoms with Gasteiger partial charge < -0.3 is 5.32 Å². The molecule has 0 aliphatic rings. The first-order valence-corrected chi connectivity index (χ1v) is 11.2. The van der Waals surface area contributed by atoms with Gasteiger partial charge in [0, 0.05) is 22.3 Å². The minimum Gasteiger partial charge on any atom is -0.332 e. The van der Waals surface area contributed by atoms with Crippen LogP contribution >= 0.6 is 23.6 Å². The maximum atomic E-state index is 12.4. The van der Waals surface area contributed by atoms with E-state index in [0.717, 1.165) is 4.88 Å². The van der Waals surface area contributed by atoms with Gasteiger partial charge >= 0.3 is 0 Å². The summed E-state index contributed by atoms with van der Waals surface area (Å²) in [5.41, 5.74) is 1.03. The molecule has 3 N–H and O–H groups in total. The molecule has 0 saturated carbocycles. The highest BCUT2D eigenvalue weighted by atomic mass is 32.2. The summed E-state index contributed by atoms with van der Waals surface area (Å²) >= 11 is 6.64. The summed E-state index contributed by atoms with van der Waals surface area (Å²) < 4.78 is 27.4. The first-order valence-electron chi connectivity index (χ1n) is 8.44. The van der Waals surface area contributed by atoms with Crippen LogP contribution in [0.3, 0.4) is 0 Å². The van der Waals surface area contributed by atoms with E-state index in [2.05, 4.69) is 15.4 Å². The summed E-state index contributed by atoms with van der Waals surface area (Å²) in [5, 5.41) is 7.42. The van der Waals surface area contributed by atoms with Gasteiger partial charge in [-0.3, -0.25) is 14.8 Å². The maximum Gasteiger partial charge on any atom is 0.261 e. The number of carbonyl (C=O) groups excluding carboxylic acids is 1. The summed E-state index contributed by atoms with van der Waals surface area (Å²) in [6.07, 6.45) is 3.09. The fourth-order valence-corrected chi connectivity index (χ4v) is 4.19. The summed E-state index contributed by atoms with van der Waals surface area (Å²) in [7, 11) is -3.69. The zero-order chi connectivity index (χ0) is 20.7. The fourth-order valence-electron chi connectivity index (χ4n) is 2.30. The highest BCUT2D eigenvalue weighted by Crippen LogP contribution is 2.18. The fraction of sp³-hybridized carbons (Fsp3) is 0. The predicted octanol–water partition coefficient (Wildman–Crippen LogP) is 4.08. The number of thiocarbonyl (C=S) groups is 1. The lowest BCUT2D eigenvalue weighted by molar-refractivity contribution is -0.115. The van der Waals surface area contributed by atoms with E-state index < -0.39 is 10.0 Å². The van der Waals surface area contributed by atoms with Gasteiger partial charge in [-0.05, 0) is 66.1 Å². The van der Waals surface area contributed by atoms with Gasteiger partial charge in [0.25, 0.3) is 10.0 Å². The Morgan fingerprint density at radius 2 is 1.66 bits per heavy atom. The molecule has 0 radical (unpaired) electrons. The van der Waals surface area contributed by atoms with Crippen LogP contribution in [0.1, 0.15) is 4.88 Å². The van der Waals surface area contributed by atoms with Crippen molar-refractivity contribution in [2.45, 2.75) is 4.90 Å². The monoisotopic (exact) mass is 443 g/mol. The Balaban J connectivity index is 1.57. The number of hydrogen-bond acceptors (Lipinski definition) is 5. The highest BCUT2D eigenvalue weighted by Gasteiger charge is 2.14. The van der Waals surface area contributed by atoms with Crippen LogP contribution in [-0.4, -0.2) is 19.4 Å². The van der Waals surface area contributed by atoms with E-state index >= 15 is 0 Å². The Kier molecular flexibility index (Phi) is 6.76. The summed E-state index contributed by atoms with van der Waals surface area (Å²) in [6, 6.07) is 18.5. The molecule has 0 aliphatic carbocycles. The van der Waals surface area contributed by atoms with Crippen molar-refractivity contribution in [3.63, 3.8) is 0 Å². The molecular formula is C20H17N3O3S3. The van der Waals surface area contributed by atoms with Crippen molar-refractivity contribution in [3.05, 3.63) is 83.1 Å². The number of anilines is 2. The first kappa shape index (κ1) is 20.7. The lowest BCUT2D eigenvalue weighted by Crippen LogP contribution is -2.32. The van der Waals surface area contributed by atoms with Gasteiger partial charge in [0.15, 0.2) is 5.11 Å². The first-order chi connectivity index (χ1) is 13.9. The molecule has 3 rings (SSSR count). The third kappa shape index (κ3) is 6.24. The van der Waals surface area contributed by atoms with Crippen LogP contribution in [0.25, 0.3) is 6.08 Å². The van der Waals surface area contributed by atoms with Crippen LogP contribution in [0.2, 0.25) is 0 Å². The van der Waals surface area contributed by atoms with Gasteiger partial charge in [-0.2, -0.15) is 0 Å². The van der Waals surface area contributed by atoms with Crippen LogP contribution in [0.15, 0.2) is 83.1 Å². The Bertz CT molecular complexity index is 1110. The lowest BCUT2D eigenvalue weighted by Gasteiger charge is -2.10. The number of hydrogen-bond donors (Lipinski definition) is 3. The number of rotatable bonds is 6. The Morgan fingerprint density at radius 3 is 2.31 bits per heavy atom. The molecule has 0 bridgehead atoms. The predicted molar refractivity (Wildman–Crippen MR) is 121 cm³/mol. The average molecular weight is 444 g/mol. The molecule has 9 heteroatoms. The van der Waals surface area contributed by atoms with E-state index in [4.69, 9.17) is 12.2 Å². The van der Waals surface area contributed by atoms with Crippen molar-refractivity contribution in [2.24, 2.45) is 0 Å². The Morgan fingerprint density at radius 1 is 0.931 bits per heavy atom. The normalized spacial score (nSPS) is 11.2. The molecule has 29 heavy (non-hydrogen) atoms. The van der Waals surface area contributed by atoms with Crippen LogP contribution < -0.4 is 15.4 Å². The summed E-state index contributed by atoms with van der Waals surface area (Å²) in [4.78, 5) is 13.0. The number of thiophene rings is 1. The van der Waals surface area contributed by atoms with E-state index in [0.29, 0.717) is 11.4 Å². The van der Waals surface area contributed by atoms with Crippen LogP contribution in [0.5, 0.6) is 0 Å². The minimum absolute atomic E-state index is 0.112. The topological polar surface area (TPSA) is 87.3 Å². The van der Waals surface area contributed by atoms with Crippen LogP contribution in [0, 0.1) is 0 Å². The molecule has 0 saturated heterocycles. The highest BCUT2D eigenvalue weighted by molar-refractivity contribution is 7.92. The van der Waals surface area contributed by atoms with Crippen molar-refractivity contribution in [3.8, 4) is 0 Å². The molecule has 0 spiro atoms. The van der Waals surface area contributed by atoms with Crippen molar-refractivity contribution < 1.29 is 13.2 Å². The molecule has 2 aromatic carbocycles. The minimum atomic E-state index is -3.69. The number of amides is 1. The molecule has 6 nitrogen and oxygen atoms in total. The van der Waals surface area contributed by atoms with E-state index in [1.165, 1.54) is 29.5 Å². The van der Waals surface area contributed by atoms with Crippen molar-refractivity contribution in [2.75, 3.05) is 10.0 Å². The average Bonchev–Trinajstić information content (AvgIpc) is 3.21. The van der Waals surface area contributed by atoms with Crippen LogP contribution in [-0.2, 0) is 14.8 Å². The molecule has 1 amide bonds. The van der Waals surface area contributed by atoms with Gasteiger partial charge in [-0.1, -0.05) is 24.3 Å². The lowest BCUT2D eigenvalue weighted by atomic mass is 10.3. The molecule has 0 fully saturated rings. The second-order valence-electron chi connectivity index (χ2n) is 5.79. The standard InChI is InChI=1S/C20H17N3O3S3/c24-19(13-10-17-7-4-14-28-17)22-20(27)21-15-8-11-18(12-9-15)29(25,26)23-16-5-2-1-3-6-16/h1-14,23H,(H2,21,22,24,27). The maximum absolute atomic E-state index is 12.4. The molecular weight excluding hydrogens is 426 g/mol. The molecule has 0 atom stereocenters. The second kappa shape index (κ2) is 9.46. The summed E-state index contributed by atoms with van der Waals surface area (Å²) in [6.45, 7) is 0. The van der Waals surface area contributed by atoms with Crippen LogP contribution in [0.4, 0.5) is 11.4 Å². The number of nitrogens with one attached hydrogen (secondary N) is 3.